The number of unbranched alkanes of at least 4 members (excludes halogenated alkanes) is 12. The van der Waals surface area contributed by atoms with Gasteiger partial charge in [0, 0.05) is 0 Å². The van der Waals surface area contributed by atoms with Crippen molar-refractivity contribution in [1.29, 1.82) is 0 Å². The molecule has 0 aromatic heterocycles. The highest BCUT2D eigenvalue weighted by Crippen LogP contribution is 2.14. The Morgan fingerprint density at radius 1 is 0.682 bits per heavy atom. The summed E-state index contributed by atoms with van der Waals surface area (Å²) in [5.74, 6) is 0. The lowest BCUT2D eigenvalue weighted by molar-refractivity contribution is 0.465. The summed E-state index contributed by atoms with van der Waals surface area (Å²) in [7, 11) is 0. The fourth-order valence-electron chi connectivity index (χ4n) is 2.75. The molecule has 0 bridgehead atoms. The molecule has 0 unspecified atom stereocenters. The molecule has 0 heterocycles. The molecule has 0 aromatic rings. The molecule has 0 atom stereocenters. The van der Waals surface area contributed by atoms with E-state index >= 15 is 0 Å². The minimum absolute atomic E-state index is 1.03. The van der Waals surface area contributed by atoms with E-state index in [1.54, 1.807) is 0 Å². The Morgan fingerprint density at radius 3 is 1.73 bits per heavy atom. The van der Waals surface area contributed by atoms with Crippen LogP contribution in [0, 0.1) is 0 Å². The Hall–Kier alpha value is -0.720. The third-order valence-corrected chi connectivity index (χ3v) is 4.29. The molecule has 0 aliphatic heterocycles. The molecule has 130 valence electrons. The number of aliphatic hydroxyl groups is 1. The van der Waals surface area contributed by atoms with Crippen LogP contribution in [0.2, 0.25) is 0 Å². The van der Waals surface area contributed by atoms with Gasteiger partial charge < -0.3 is 5.11 Å². The van der Waals surface area contributed by atoms with Crippen LogP contribution in [-0.4, -0.2) is 5.11 Å². The number of allylic oxidation sites excluding steroid dienone is 3. The molecule has 22 heavy (non-hydrogen) atoms. The second-order valence-corrected chi connectivity index (χ2v) is 6.53. The van der Waals surface area contributed by atoms with E-state index in [0.29, 0.717) is 0 Å². The van der Waals surface area contributed by atoms with Crippen molar-refractivity contribution in [3.05, 3.63) is 24.0 Å². The summed E-state index contributed by atoms with van der Waals surface area (Å²) >= 11 is 0. The van der Waals surface area contributed by atoms with E-state index in [-0.39, 0.29) is 0 Å². The summed E-state index contributed by atoms with van der Waals surface area (Å²) in [6.07, 6.45) is 25.3. The first-order valence-corrected chi connectivity index (χ1v) is 9.84. The normalized spacial score (nSPS) is 12.4. The zero-order valence-corrected chi connectivity index (χ0v) is 15.3. The third-order valence-electron chi connectivity index (χ3n) is 4.29. The van der Waals surface area contributed by atoms with Gasteiger partial charge in [-0.15, -0.1) is 0 Å². The maximum Gasteiger partial charge on any atom is 0.0823 e. The molecule has 0 rings (SSSR count). The van der Waals surface area contributed by atoms with E-state index in [0.717, 1.165) is 18.4 Å². The summed E-state index contributed by atoms with van der Waals surface area (Å²) < 4.78 is 0. The second kappa shape index (κ2) is 18.3. The standard InChI is InChI=1S/C21H40O/c1-3-5-7-9-11-13-15-17-19-21(20-22)18-16-14-12-10-8-6-4-2/h17,19-20,22H,3-16,18H2,1-2H3/b19-17+,21-20+. The molecule has 1 nitrogen and oxygen atoms in total. The molecule has 0 aromatic carbocycles. The lowest BCUT2D eigenvalue weighted by Crippen LogP contribution is -1.84. The van der Waals surface area contributed by atoms with Gasteiger partial charge >= 0.3 is 0 Å². The van der Waals surface area contributed by atoms with Crippen LogP contribution < -0.4 is 0 Å². The summed E-state index contributed by atoms with van der Waals surface area (Å²) in [5, 5.41) is 9.29. The van der Waals surface area contributed by atoms with E-state index in [9.17, 15) is 5.11 Å². The van der Waals surface area contributed by atoms with Gasteiger partial charge in [-0.05, 0) is 31.3 Å². The SMILES string of the molecule is CCCCCCCC/C=C/C(=C/O)CCCCCCCCC. The topological polar surface area (TPSA) is 20.2 Å². The first kappa shape index (κ1) is 21.3. The number of hydrogen-bond donors (Lipinski definition) is 1. The minimum atomic E-state index is 1.03. The average Bonchev–Trinajstić information content (AvgIpc) is 2.54. The van der Waals surface area contributed by atoms with Crippen molar-refractivity contribution in [3.63, 3.8) is 0 Å². The molecule has 0 fully saturated rings. The molecule has 1 heteroatoms. The fourth-order valence-corrected chi connectivity index (χ4v) is 2.75. The molecule has 0 amide bonds. The van der Waals surface area contributed by atoms with E-state index in [1.165, 1.54) is 89.7 Å². The first-order valence-electron chi connectivity index (χ1n) is 9.84. The Labute approximate surface area is 139 Å². The van der Waals surface area contributed by atoms with E-state index in [1.807, 2.05) is 0 Å². The summed E-state index contributed by atoms with van der Waals surface area (Å²) in [6, 6.07) is 0. The van der Waals surface area contributed by atoms with Crippen LogP contribution in [-0.2, 0) is 0 Å². The monoisotopic (exact) mass is 308 g/mol. The highest BCUT2D eigenvalue weighted by molar-refractivity contribution is 5.15. The van der Waals surface area contributed by atoms with Gasteiger partial charge in [0.05, 0.1) is 6.26 Å². The predicted molar refractivity (Wildman–Crippen MR) is 100 cm³/mol. The second-order valence-electron chi connectivity index (χ2n) is 6.53. The van der Waals surface area contributed by atoms with Crippen LogP contribution in [0.1, 0.15) is 110 Å². The largest absolute Gasteiger partial charge is 0.515 e. The van der Waals surface area contributed by atoms with Gasteiger partial charge in [-0.2, -0.15) is 0 Å². The predicted octanol–water partition coefficient (Wildman–Crippen LogP) is 7.88. The molecule has 0 saturated carbocycles. The fraction of sp³-hybridized carbons (Fsp3) is 0.810. The van der Waals surface area contributed by atoms with Crippen molar-refractivity contribution in [2.75, 3.05) is 0 Å². The summed E-state index contributed by atoms with van der Waals surface area (Å²) in [4.78, 5) is 0. The van der Waals surface area contributed by atoms with Crippen molar-refractivity contribution in [3.8, 4) is 0 Å². The van der Waals surface area contributed by atoms with E-state index < -0.39 is 0 Å². The molecule has 0 aliphatic rings. The highest BCUT2D eigenvalue weighted by atomic mass is 16.2. The smallest absolute Gasteiger partial charge is 0.0823 e. The Kier molecular flexibility index (Phi) is 17.7. The molecule has 0 aliphatic carbocycles. The quantitative estimate of drug-likeness (QED) is 0.175. The highest BCUT2D eigenvalue weighted by Gasteiger charge is 1.95. The Bertz CT molecular complexity index is 265. The first-order chi connectivity index (χ1) is 10.8. The van der Waals surface area contributed by atoms with Crippen LogP contribution in [0.25, 0.3) is 0 Å². The van der Waals surface area contributed by atoms with Gasteiger partial charge in [-0.3, -0.25) is 0 Å². The maximum atomic E-state index is 9.29. The average molecular weight is 309 g/mol. The van der Waals surface area contributed by atoms with Crippen LogP contribution in [0.4, 0.5) is 0 Å². The van der Waals surface area contributed by atoms with Gasteiger partial charge in [-0.1, -0.05) is 96.6 Å². The van der Waals surface area contributed by atoms with Gasteiger partial charge in [-0.25, -0.2) is 0 Å². The van der Waals surface area contributed by atoms with Crippen LogP contribution in [0.15, 0.2) is 24.0 Å². The van der Waals surface area contributed by atoms with Gasteiger partial charge in [0.1, 0.15) is 0 Å². The van der Waals surface area contributed by atoms with Crippen LogP contribution in [0.5, 0.6) is 0 Å². The van der Waals surface area contributed by atoms with E-state index in [4.69, 9.17) is 0 Å². The Balaban J connectivity index is 3.48. The lowest BCUT2D eigenvalue weighted by atomic mass is 10.0. The van der Waals surface area contributed by atoms with Gasteiger partial charge in [0.25, 0.3) is 0 Å². The van der Waals surface area contributed by atoms with Crippen LogP contribution in [0.3, 0.4) is 0 Å². The van der Waals surface area contributed by atoms with Crippen molar-refractivity contribution in [2.24, 2.45) is 0 Å². The number of rotatable bonds is 16. The molecular weight excluding hydrogens is 268 g/mol. The number of hydrogen-bond acceptors (Lipinski definition) is 1. The summed E-state index contributed by atoms with van der Waals surface area (Å²) in [6.45, 7) is 4.52. The zero-order chi connectivity index (χ0) is 16.3. The maximum absolute atomic E-state index is 9.29. The molecule has 0 saturated heterocycles. The molecule has 0 spiro atoms. The van der Waals surface area contributed by atoms with Crippen molar-refractivity contribution in [1.82, 2.24) is 0 Å². The minimum Gasteiger partial charge on any atom is -0.515 e. The summed E-state index contributed by atoms with van der Waals surface area (Å²) in [5.41, 5.74) is 1.10. The zero-order valence-electron chi connectivity index (χ0n) is 15.3. The van der Waals surface area contributed by atoms with Gasteiger partial charge in [0.2, 0.25) is 0 Å². The van der Waals surface area contributed by atoms with Gasteiger partial charge in [0.15, 0.2) is 0 Å². The lowest BCUT2D eigenvalue weighted by Gasteiger charge is -2.02. The molecule has 1 N–H and O–H groups in total. The molecular formula is C21H40O. The van der Waals surface area contributed by atoms with Crippen molar-refractivity contribution < 1.29 is 5.11 Å². The number of aliphatic hydroxyl groups excluding tert-OH is 1. The molecule has 0 radical (unpaired) electrons. The third kappa shape index (κ3) is 15.7. The van der Waals surface area contributed by atoms with Crippen molar-refractivity contribution in [2.45, 2.75) is 110 Å². The van der Waals surface area contributed by atoms with Crippen LogP contribution >= 0.6 is 0 Å². The Morgan fingerprint density at radius 2 is 1.18 bits per heavy atom. The van der Waals surface area contributed by atoms with Crippen molar-refractivity contribution >= 4 is 0 Å². The van der Waals surface area contributed by atoms with E-state index in [2.05, 4.69) is 26.0 Å².